The van der Waals surface area contributed by atoms with Crippen LogP contribution in [0, 0.1) is 12.0 Å². The van der Waals surface area contributed by atoms with E-state index >= 15 is 0 Å². The molecule has 0 radical (unpaired) electrons. The predicted molar refractivity (Wildman–Crippen MR) is 195 cm³/mol. The number of nitrogens with zero attached hydrogens (tertiary/aromatic N) is 6. The standard InChI is InChI=1S/C28H22F2N8O16S5/c29-23-12-24(34-28(30)33-23)32-13-1-6-20(56(42,43)44)19(9-13)36-38-26-22(58(48,49)50)11-16-15(27(26)39)3-4-17(31)25(16)37-35-18-5-2-14(10-21(18)57(45,46)47)55(40,41)8-7-54-59(51,52)53/h1-6,9-12,39H,7-8,31H2,(H,32,33,34)(H,42,43,44)(H,45,46,47)(H,48,49,50)(H,51,52,53)/b37-35+,38-36+. The second kappa shape index (κ2) is 16.1. The first-order valence-corrected chi connectivity index (χ1v) is 22.4. The van der Waals surface area contributed by atoms with Crippen LogP contribution < -0.4 is 11.1 Å². The normalized spacial score (nSPS) is 13.1. The van der Waals surface area contributed by atoms with Crippen molar-refractivity contribution in [2.75, 3.05) is 23.4 Å². The maximum absolute atomic E-state index is 13.6. The number of phenols is 1. The molecule has 1 aromatic heterocycles. The summed E-state index contributed by atoms with van der Waals surface area (Å²) < 4.78 is 190. The molecule has 8 N–H and O–H groups in total. The van der Waals surface area contributed by atoms with Crippen molar-refractivity contribution >= 4 is 101 Å². The van der Waals surface area contributed by atoms with E-state index in [9.17, 15) is 69.6 Å². The zero-order valence-electron chi connectivity index (χ0n) is 28.5. The molecule has 0 aliphatic carbocycles. The molecule has 0 saturated carbocycles. The molecule has 0 atom stereocenters. The molecule has 4 aromatic carbocycles. The fourth-order valence-corrected chi connectivity index (χ4v) is 8.36. The lowest BCUT2D eigenvalue weighted by Crippen LogP contribution is -2.16. The summed E-state index contributed by atoms with van der Waals surface area (Å²) in [4.78, 5) is 1.99. The van der Waals surface area contributed by atoms with Crippen LogP contribution >= 0.6 is 0 Å². The number of benzene rings is 4. The molecule has 0 amide bonds. The van der Waals surface area contributed by atoms with Crippen LogP contribution in [0.2, 0.25) is 0 Å². The van der Waals surface area contributed by atoms with Crippen molar-refractivity contribution in [1.29, 1.82) is 0 Å². The maximum atomic E-state index is 13.6. The molecule has 0 spiro atoms. The number of rotatable bonds is 14. The number of azo groups is 2. The molecule has 314 valence electrons. The molecule has 0 fully saturated rings. The number of aromatic nitrogens is 2. The molecule has 1 heterocycles. The van der Waals surface area contributed by atoms with E-state index in [-0.39, 0.29) is 16.8 Å². The maximum Gasteiger partial charge on any atom is 0.397 e. The molecule has 24 nitrogen and oxygen atoms in total. The number of sulfone groups is 1. The Hall–Kier alpha value is -5.77. The lowest BCUT2D eigenvalue weighted by molar-refractivity contribution is 0.284. The van der Waals surface area contributed by atoms with Crippen molar-refractivity contribution in [3.63, 3.8) is 0 Å². The summed E-state index contributed by atoms with van der Waals surface area (Å²) in [6, 6.07) is 7.97. The van der Waals surface area contributed by atoms with E-state index in [0.29, 0.717) is 18.2 Å². The highest BCUT2D eigenvalue weighted by Gasteiger charge is 2.26. The van der Waals surface area contributed by atoms with Crippen molar-refractivity contribution in [3.8, 4) is 5.75 Å². The summed E-state index contributed by atoms with van der Waals surface area (Å²) >= 11 is 0. The third-order valence-corrected chi connectivity index (χ3v) is 12.2. The van der Waals surface area contributed by atoms with Gasteiger partial charge in [-0.05, 0) is 54.6 Å². The molecular weight excluding hydrogens is 903 g/mol. The van der Waals surface area contributed by atoms with Gasteiger partial charge in [0.15, 0.2) is 15.6 Å². The van der Waals surface area contributed by atoms with Gasteiger partial charge >= 0.3 is 16.5 Å². The Morgan fingerprint density at radius 3 is 1.90 bits per heavy atom. The number of phenolic OH excluding ortho intramolecular Hbond substituents is 1. The summed E-state index contributed by atoms with van der Waals surface area (Å²) in [6.45, 7) is -1.08. The number of nitrogens with two attached hydrogens (primary N) is 1. The Labute approximate surface area is 330 Å². The van der Waals surface area contributed by atoms with E-state index in [1.807, 2.05) is 0 Å². The number of nitrogen functional groups attached to an aromatic ring is 1. The zero-order valence-corrected chi connectivity index (χ0v) is 32.6. The fourth-order valence-electron chi connectivity index (χ4n) is 4.87. The summed E-state index contributed by atoms with van der Waals surface area (Å²) in [5, 5.41) is 27.5. The van der Waals surface area contributed by atoms with E-state index in [1.165, 1.54) is 0 Å². The van der Waals surface area contributed by atoms with E-state index in [0.717, 1.165) is 42.5 Å². The predicted octanol–water partition coefficient (Wildman–Crippen LogP) is 4.10. The van der Waals surface area contributed by atoms with Crippen LogP contribution in [0.15, 0.2) is 101 Å². The minimum Gasteiger partial charge on any atom is -0.505 e. The van der Waals surface area contributed by atoms with Gasteiger partial charge in [-0.15, -0.1) is 20.5 Å². The molecule has 59 heavy (non-hydrogen) atoms. The minimum atomic E-state index is -5.42. The Morgan fingerprint density at radius 2 is 1.29 bits per heavy atom. The van der Waals surface area contributed by atoms with Crippen molar-refractivity contribution in [3.05, 3.63) is 72.7 Å². The SMILES string of the molecule is Nc1ccc2c(O)c(/N=N/c3cc(Nc4cc(F)nc(F)n4)ccc3S(=O)(=O)O)c(S(=O)(=O)O)cc2c1/N=N/c1ccc(S(=O)(=O)CCOS(=O)(=O)O)cc1S(=O)(=O)O. The smallest absolute Gasteiger partial charge is 0.397 e. The van der Waals surface area contributed by atoms with Gasteiger partial charge in [-0.25, -0.2) is 12.6 Å². The highest BCUT2D eigenvalue weighted by molar-refractivity contribution is 7.91. The van der Waals surface area contributed by atoms with E-state index in [1.54, 1.807) is 0 Å². The first-order valence-electron chi connectivity index (χ1n) is 15.1. The van der Waals surface area contributed by atoms with Gasteiger partial charge in [-0.2, -0.15) is 52.4 Å². The third kappa shape index (κ3) is 10.7. The van der Waals surface area contributed by atoms with Crippen LogP contribution in [0.5, 0.6) is 5.75 Å². The summed E-state index contributed by atoms with van der Waals surface area (Å²) in [7, 11) is -25.4. The fraction of sp³-hybridized carbons (Fsp3) is 0.0714. The van der Waals surface area contributed by atoms with Gasteiger partial charge in [-0.3, -0.25) is 18.2 Å². The molecule has 0 saturated heterocycles. The molecule has 5 aromatic rings. The molecular formula is C28H22F2N8O16S5. The summed E-state index contributed by atoms with van der Waals surface area (Å²) in [6.07, 6.45) is -1.48. The number of hydrogen-bond donors (Lipinski definition) is 7. The lowest BCUT2D eigenvalue weighted by Gasteiger charge is -2.12. The van der Waals surface area contributed by atoms with E-state index in [2.05, 4.69) is 39.9 Å². The number of fused-ring (bicyclic) bond motifs is 1. The average Bonchev–Trinajstić information content (AvgIpc) is 3.08. The van der Waals surface area contributed by atoms with Gasteiger partial charge < -0.3 is 16.2 Å². The zero-order chi connectivity index (χ0) is 43.9. The van der Waals surface area contributed by atoms with Gasteiger partial charge in [0, 0.05) is 22.5 Å². The van der Waals surface area contributed by atoms with Crippen LogP contribution in [0.1, 0.15) is 0 Å². The number of aromatic hydroxyl groups is 1. The third-order valence-electron chi connectivity index (χ3n) is 7.36. The summed E-state index contributed by atoms with van der Waals surface area (Å²) in [5.41, 5.74) is 2.41. The highest BCUT2D eigenvalue weighted by Crippen LogP contribution is 2.46. The second-order valence-electron chi connectivity index (χ2n) is 11.3. The van der Waals surface area contributed by atoms with Gasteiger partial charge in [-0.1, -0.05) is 0 Å². The molecule has 0 bridgehead atoms. The number of hydrogen-bond acceptors (Lipinski definition) is 20. The Morgan fingerprint density at radius 1 is 0.661 bits per heavy atom. The first-order chi connectivity index (χ1) is 27.1. The Bertz CT molecular complexity index is 3170. The number of nitrogens with one attached hydrogen (secondary N) is 1. The molecule has 0 aliphatic rings. The van der Waals surface area contributed by atoms with Crippen molar-refractivity contribution in [1.82, 2.24) is 9.97 Å². The van der Waals surface area contributed by atoms with Gasteiger partial charge in [0.05, 0.1) is 22.9 Å². The van der Waals surface area contributed by atoms with Crippen molar-refractivity contribution in [2.24, 2.45) is 20.5 Å². The molecule has 0 unspecified atom stereocenters. The van der Waals surface area contributed by atoms with Crippen LogP contribution in [0.3, 0.4) is 0 Å². The van der Waals surface area contributed by atoms with Gasteiger partial charge in [0.2, 0.25) is 5.95 Å². The Kier molecular flexibility index (Phi) is 12.1. The number of halogens is 2. The van der Waals surface area contributed by atoms with E-state index < -0.39 is 134 Å². The Balaban J connectivity index is 1.62. The van der Waals surface area contributed by atoms with Crippen LogP contribution in [0.25, 0.3) is 10.8 Å². The largest absolute Gasteiger partial charge is 0.505 e. The molecule has 0 aliphatic heterocycles. The van der Waals surface area contributed by atoms with Crippen LogP contribution in [-0.4, -0.2) is 87.7 Å². The van der Waals surface area contributed by atoms with E-state index in [4.69, 9.17) is 10.3 Å². The van der Waals surface area contributed by atoms with Crippen molar-refractivity contribution < 1.29 is 78.4 Å². The highest BCUT2D eigenvalue weighted by atomic mass is 32.3. The molecule has 31 heteroatoms. The number of anilines is 3. The molecule has 5 rings (SSSR count). The minimum absolute atomic E-state index is 0.175. The van der Waals surface area contributed by atoms with Crippen LogP contribution in [-0.2, 0) is 54.8 Å². The topological polar surface area (TPSA) is 394 Å². The van der Waals surface area contributed by atoms with Gasteiger partial charge in [0.25, 0.3) is 30.4 Å². The average molecular weight is 925 g/mol. The lowest BCUT2D eigenvalue weighted by atomic mass is 10.1. The monoisotopic (exact) mass is 924 g/mol. The first kappa shape index (κ1) is 44.3. The van der Waals surface area contributed by atoms with Crippen LogP contribution in [0.4, 0.5) is 48.7 Å². The van der Waals surface area contributed by atoms with Crippen molar-refractivity contribution in [2.45, 2.75) is 19.6 Å². The second-order valence-corrected chi connectivity index (χ2v) is 18.7. The quantitative estimate of drug-likeness (QED) is 0.0271. The van der Waals surface area contributed by atoms with Gasteiger partial charge in [0.1, 0.15) is 43.3 Å². The summed E-state index contributed by atoms with van der Waals surface area (Å²) in [5.74, 6) is -3.93.